The van der Waals surface area contributed by atoms with Crippen LogP contribution in [-0.4, -0.2) is 23.2 Å². The lowest BCUT2D eigenvalue weighted by Gasteiger charge is -2.17. The van der Waals surface area contributed by atoms with Crippen molar-refractivity contribution in [1.29, 1.82) is 0 Å². The molecule has 0 spiro atoms. The summed E-state index contributed by atoms with van der Waals surface area (Å²) in [5, 5.41) is 4.06. The van der Waals surface area contributed by atoms with E-state index in [1.807, 2.05) is 11.4 Å². The second-order valence-electron chi connectivity index (χ2n) is 4.62. The summed E-state index contributed by atoms with van der Waals surface area (Å²) in [5.41, 5.74) is 2.13. The van der Waals surface area contributed by atoms with Crippen LogP contribution in [0.15, 0.2) is 33.5 Å². The van der Waals surface area contributed by atoms with Gasteiger partial charge in [-0.05, 0) is 35.9 Å². The zero-order valence-corrected chi connectivity index (χ0v) is 11.9. The maximum Gasteiger partial charge on any atom is 0.168 e. The Balaban J connectivity index is 1.97. The van der Waals surface area contributed by atoms with Crippen molar-refractivity contribution in [2.24, 2.45) is 4.99 Å². The van der Waals surface area contributed by atoms with E-state index in [4.69, 9.17) is 0 Å². The van der Waals surface area contributed by atoms with Crippen LogP contribution in [0.1, 0.15) is 12.5 Å². The van der Waals surface area contributed by atoms with Crippen molar-refractivity contribution >= 4 is 44.0 Å². The van der Waals surface area contributed by atoms with Gasteiger partial charge in [-0.15, -0.1) is 11.3 Å². The number of thioether (sulfide) groups is 1. The van der Waals surface area contributed by atoms with E-state index in [-0.39, 0.29) is 5.82 Å². The molecule has 19 heavy (non-hydrogen) atoms. The van der Waals surface area contributed by atoms with E-state index in [2.05, 4.69) is 16.8 Å². The van der Waals surface area contributed by atoms with Crippen LogP contribution in [0.3, 0.4) is 0 Å². The van der Waals surface area contributed by atoms with Gasteiger partial charge in [0, 0.05) is 21.7 Å². The number of hydrogen-bond donors (Lipinski definition) is 0. The van der Waals surface area contributed by atoms with Crippen LogP contribution in [0, 0.1) is 5.82 Å². The molecule has 4 rings (SSSR count). The largest absolute Gasteiger partial charge is 0.318 e. The number of hydrogen-bond acceptors (Lipinski definition) is 4. The fraction of sp³-hybridized carbons (Fsp3) is 0.214. The number of allylic oxidation sites excluding steroid dienone is 1. The van der Waals surface area contributed by atoms with Gasteiger partial charge < -0.3 is 4.90 Å². The molecule has 1 aromatic heterocycles. The monoisotopic (exact) mass is 290 g/mol. The first-order valence-electron chi connectivity index (χ1n) is 6.12. The summed E-state index contributed by atoms with van der Waals surface area (Å²) in [5.74, 6) is -0.171. The maximum atomic E-state index is 13.8. The Hall–Kier alpha value is -1.33. The van der Waals surface area contributed by atoms with E-state index >= 15 is 0 Å². The van der Waals surface area contributed by atoms with Gasteiger partial charge in [-0.2, -0.15) is 0 Å². The first-order valence-corrected chi connectivity index (χ1v) is 7.81. The highest BCUT2D eigenvalue weighted by Crippen LogP contribution is 2.44. The van der Waals surface area contributed by atoms with Crippen molar-refractivity contribution in [3.05, 3.63) is 39.9 Å². The molecule has 2 aliphatic rings. The first kappa shape index (κ1) is 11.5. The number of aliphatic imine (C=N–C) groups is 1. The third-order valence-corrected chi connectivity index (χ3v) is 5.42. The topological polar surface area (TPSA) is 15.6 Å². The van der Waals surface area contributed by atoms with Gasteiger partial charge in [0.25, 0.3) is 0 Å². The molecule has 0 saturated heterocycles. The number of nitrogens with zero attached hydrogens (tertiary/aromatic N) is 2. The number of halogens is 1. The van der Waals surface area contributed by atoms with Crippen LogP contribution in [0.4, 0.5) is 4.39 Å². The highest BCUT2D eigenvalue weighted by atomic mass is 32.2. The Morgan fingerprint density at radius 1 is 1.37 bits per heavy atom. The lowest BCUT2D eigenvalue weighted by atomic mass is 10.1. The van der Waals surface area contributed by atoms with Gasteiger partial charge in [0.15, 0.2) is 5.17 Å². The molecule has 0 N–H and O–H groups in total. The van der Waals surface area contributed by atoms with E-state index < -0.39 is 0 Å². The van der Waals surface area contributed by atoms with Gasteiger partial charge in [0.2, 0.25) is 0 Å². The molecule has 2 nitrogen and oxygen atoms in total. The smallest absolute Gasteiger partial charge is 0.168 e. The molecule has 0 aliphatic carbocycles. The van der Waals surface area contributed by atoms with Crippen LogP contribution in [-0.2, 0) is 0 Å². The number of fused-ring (bicyclic) bond motifs is 2. The van der Waals surface area contributed by atoms with Gasteiger partial charge in [0.05, 0.1) is 12.2 Å². The number of amidine groups is 1. The molecular formula is C14H11FN2S2. The van der Waals surface area contributed by atoms with Crippen molar-refractivity contribution in [3.8, 4) is 0 Å². The zero-order valence-electron chi connectivity index (χ0n) is 10.3. The minimum Gasteiger partial charge on any atom is -0.318 e. The molecule has 0 radical (unpaired) electrons. The highest BCUT2D eigenvalue weighted by Gasteiger charge is 2.32. The Morgan fingerprint density at radius 2 is 2.26 bits per heavy atom. The molecule has 96 valence electrons. The lowest BCUT2D eigenvalue weighted by molar-refractivity contribution is 0.624. The minimum absolute atomic E-state index is 0.171. The van der Waals surface area contributed by atoms with Crippen molar-refractivity contribution in [2.45, 2.75) is 6.92 Å². The summed E-state index contributed by atoms with van der Waals surface area (Å²) in [4.78, 5) is 7.91. The number of rotatable bonds is 1. The molecular weight excluding hydrogens is 279 g/mol. The highest BCUT2D eigenvalue weighted by molar-refractivity contribution is 8.17. The van der Waals surface area contributed by atoms with Gasteiger partial charge in [-0.25, -0.2) is 4.39 Å². The standard InChI is InChI=1S/C14H11FN2S2/c1-8-12(17-4-3-16-14(17)19-8)11-7-10(15)6-9-2-5-18-13(9)11/h2,5-7H,3-4H2,1H3. The van der Waals surface area contributed by atoms with Crippen LogP contribution in [0.5, 0.6) is 0 Å². The molecule has 0 amide bonds. The summed E-state index contributed by atoms with van der Waals surface area (Å²) >= 11 is 3.36. The summed E-state index contributed by atoms with van der Waals surface area (Å²) in [6, 6.07) is 5.23. The van der Waals surface area contributed by atoms with Gasteiger partial charge in [0.1, 0.15) is 5.82 Å². The van der Waals surface area contributed by atoms with Gasteiger partial charge >= 0.3 is 0 Å². The van der Waals surface area contributed by atoms with E-state index in [1.165, 1.54) is 4.91 Å². The second-order valence-corrected chi connectivity index (χ2v) is 6.71. The summed E-state index contributed by atoms with van der Waals surface area (Å²) < 4.78 is 15.0. The van der Waals surface area contributed by atoms with Gasteiger partial charge in [-0.3, -0.25) is 4.99 Å². The third-order valence-electron chi connectivity index (χ3n) is 3.42. The Labute approximate surface area is 118 Å². The van der Waals surface area contributed by atoms with Crippen LogP contribution in [0.25, 0.3) is 15.8 Å². The average molecular weight is 290 g/mol. The molecule has 2 aromatic rings. The third kappa shape index (κ3) is 1.65. The quantitative estimate of drug-likeness (QED) is 0.784. The second kappa shape index (κ2) is 4.08. The number of thiophene rings is 1. The Bertz CT molecular complexity index is 745. The molecule has 0 saturated carbocycles. The lowest BCUT2D eigenvalue weighted by Crippen LogP contribution is -2.20. The average Bonchev–Trinajstić information content (AvgIpc) is 3.02. The predicted molar refractivity (Wildman–Crippen MR) is 81.0 cm³/mol. The summed E-state index contributed by atoms with van der Waals surface area (Å²) in [7, 11) is 0. The van der Waals surface area contributed by atoms with E-state index in [1.54, 1.807) is 35.2 Å². The fourth-order valence-corrected chi connectivity index (χ4v) is 4.59. The molecule has 0 fully saturated rings. The normalized spacial score (nSPS) is 18.4. The molecule has 5 heteroatoms. The van der Waals surface area contributed by atoms with Crippen LogP contribution < -0.4 is 0 Å². The Kier molecular flexibility index (Phi) is 2.47. The van der Waals surface area contributed by atoms with Gasteiger partial charge in [-0.1, -0.05) is 11.8 Å². The summed E-state index contributed by atoms with van der Waals surface area (Å²) in [6.45, 7) is 3.82. The maximum absolute atomic E-state index is 13.8. The number of benzene rings is 1. The zero-order chi connectivity index (χ0) is 13.0. The summed E-state index contributed by atoms with van der Waals surface area (Å²) in [6.07, 6.45) is 0. The molecule has 1 aromatic carbocycles. The fourth-order valence-electron chi connectivity index (χ4n) is 2.65. The van der Waals surface area contributed by atoms with E-state index in [9.17, 15) is 4.39 Å². The van der Waals surface area contributed by atoms with Crippen LogP contribution >= 0.6 is 23.1 Å². The predicted octanol–water partition coefficient (Wildman–Crippen LogP) is 4.15. The SMILES string of the molecule is CC1=C(c2cc(F)cc3ccsc23)N2CCN=C2S1. The van der Waals surface area contributed by atoms with E-state index in [0.29, 0.717) is 0 Å². The molecule has 0 unspecified atom stereocenters. The molecule has 2 aliphatic heterocycles. The van der Waals surface area contributed by atoms with Crippen molar-refractivity contribution in [2.75, 3.05) is 13.1 Å². The van der Waals surface area contributed by atoms with Crippen molar-refractivity contribution in [3.63, 3.8) is 0 Å². The first-order chi connectivity index (χ1) is 9.24. The van der Waals surface area contributed by atoms with Crippen molar-refractivity contribution < 1.29 is 4.39 Å². The van der Waals surface area contributed by atoms with Crippen LogP contribution in [0.2, 0.25) is 0 Å². The minimum atomic E-state index is -0.171. The molecule has 0 bridgehead atoms. The molecule has 3 heterocycles. The van der Waals surface area contributed by atoms with E-state index in [0.717, 1.165) is 39.6 Å². The molecule has 0 atom stereocenters. The Morgan fingerprint density at radius 3 is 3.16 bits per heavy atom. The van der Waals surface area contributed by atoms with Crippen molar-refractivity contribution in [1.82, 2.24) is 4.90 Å².